The lowest BCUT2D eigenvalue weighted by molar-refractivity contribution is 0.0960. The molecule has 0 saturated carbocycles. The zero-order chi connectivity index (χ0) is 11.7. The van der Waals surface area contributed by atoms with Gasteiger partial charge in [0.15, 0.2) is 6.61 Å². The van der Waals surface area contributed by atoms with Gasteiger partial charge in [0.2, 0.25) is 5.78 Å². The Morgan fingerprint density at radius 3 is 2.94 bits per heavy atom. The number of carbonyl (C=O) groups is 1. The molecule has 0 radical (unpaired) electrons. The first-order valence-electron chi connectivity index (χ1n) is 6.00. The van der Waals surface area contributed by atoms with Crippen molar-refractivity contribution >= 4 is 5.78 Å². The molecule has 1 N–H and O–H groups in total. The van der Waals surface area contributed by atoms with Crippen LogP contribution in [0.1, 0.15) is 23.2 Å². The fourth-order valence-electron chi connectivity index (χ4n) is 2.25. The number of fused-ring (bicyclic) bond motifs is 1. The number of benzene rings is 1. The summed E-state index contributed by atoms with van der Waals surface area (Å²) >= 11 is 0. The van der Waals surface area contributed by atoms with Crippen molar-refractivity contribution in [3.8, 4) is 11.5 Å². The van der Waals surface area contributed by atoms with Crippen molar-refractivity contribution in [2.24, 2.45) is 0 Å². The van der Waals surface area contributed by atoms with E-state index in [1.165, 1.54) is 0 Å². The van der Waals surface area contributed by atoms with Crippen molar-refractivity contribution < 1.29 is 14.3 Å². The van der Waals surface area contributed by atoms with Crippen LogP contribution in [0, 0.1) is 0 Å². The molecular formula is C13H15NO3. The molecule has 1 aromatic carbocycles. The van der Waals surface area contributed by atoms with E-state index >= 15 is 0 Å². The average molecular weight is 233 g/mol. The fraction of sp³-hybridized carbons (Fsp3) is 0.462. The second-order valence-corrected chi connectivity index (χ2v) is 4.44. The summed E-state index contributed by atoms with van der Waals surface area (Å²) in [5.41, 5.74) is 0.649. The molecule has 0 aromatic heterocycles. The number of Topliss-reactive ketones (excluding diaryl/α,β-unsaturated/α-hetero) is 1. The Balaban J connectivity index is 1.75. The zero-order valence-corrected chi connectivity index (χ0v) is 9.57. The Labute approximate surface area is 99.9 Å². The van der Waals surface area contributed by atoms with E-state index < -0.39 is 0 Å². The van der Waals surface area contributed by atoms with E-state index in [-0.39, 0.29) is 18.5 Å². The van der Waals surface area contributed by atoms with Crippen LogP contribution in [0.5, 0.6) is 11.5 Å². The molecule has 0 amide bonds. The van der Waals surface area contributed by atoms with Crippen LogP contribution in [0.15, 0.2) is 18.2 Å². The summed E-state index contributed by atoms with van der Waals surface area (Å²) in [5, 5.41) is 3.30. The van der Waals surface area contributed by atoms with Gasteiger partial charge in [-0.25, -0.2) is 0 Å². The van der Waals surface area contributed by atoms with Crippen LogP contribution < -0.4 is 14.8 Å². The lowest BCUT2D eigenvalue weighted by atomic mass is 10.1. The lowest BCUT2D eigenvalue weighted by Crippen LogP contribution is -2.34. The van der Waals surface area contributed by atoms with E-state index in [0.29, 0.717) is 11.3 Å². The summed E-state index contributed by atoms with van der Waals surface area (Å²) in [6.07, 6.45) is 2.29. The standard InChI is InChI=1S/C13H15NO3/c15-12-8-16-13-2-1-10(7-11(12)13)17-9-3-5-14-6-4-9/h1-2,7,9,14H,3-6,8H2. The number of nitrogens with one attached hydrogen (secondary N) is 1. The van der Waals surface area contributed by atoms with Crippen molar-refractivity contribution in [2.45, 2.75) is 18.9 Å². The molecule has 4 heteroatoms. The predicted octanol–water partition coefficient (Wildman–Crippen LogP) is 1.39. The lowest BCUT2D eigenvalue weighted by Gasteiger charge is -2.23. The highest BCUT2D eigenvalue weighted by molar-refractivity contribution is 6.02. The third kappa shape index (κ3) is 2.13. The number of rotatable bonds is 2. The molecule has 2 heterocycles. The third-order valence-corrected chi connectivity index (χ3v) is 3.20. The van der Waals surface area contributed by atoms with Crippen molar-refractivity contribution in [3.05, 3.63) is 23.8 Å². The van der Waals surface area contributed by atoms with Crippen LogP contribution in [0.2, 0.25) is 0 Å². The van der Waals surface area contributed by atoms with Crippen molar-refractivity contribution in [1.29, 1.82) is 0 Å². The van der Waals surface area contributed by atoms with Gasteiger partial charge in [-0.2, -0.15) is 0 Å². The fourth-order valence-corrected chi connectivity index (χ4v) is 2.25. The summed E-state index contributed by atoms with van der Waals surface area (Å²) in [4.78, 5) is 11.5. The van der Waals surface area contributed by atoms with Crippen molar-refractivity contribution in [2.75, 3.05) is 19.7 Å². The topological polar surface area (TPSA) is 47.6 Å². The molecule has 2 aliphatic heterocycles. The number of ketones is 1. The van der Waals surface area contributed by atoms with Crippen LogP contribution in [0.3, 0.4) is 0 Å². The quantitative estimate of drug-likeness (QED) is 0.838. The molecule has 2 aliphatic rings. The summed E-state index contributed by atoms with van der Waals surface area (Å²) in [7, 11) is 0. The summed E-state index contributed by atoms with van der Waals surface area (Å²) in [6.45, 7) is 2.15. The Hall–Kier alpha value is -1.55. The maximum Gasteiger partial charge on any atom is 0.204 e. The van der Waals surface area contributed by atoms with Gasteiger partial charge in [0, 0.05) is 0 Å². The molecule has 1 fully saturated rings. The average Bonchev–Trinajstić information content (AvgIpc) is 2.73. The number of hydrogen-bond donors (Lipinski definition) is 1. The minimum Gasteiger partial charge on any atom is -0.490 e. The smallest absolute Gasteiger partial charge is 0.204 e. The van der Waals surface area contributed by atoms with Crippen molar-refractivity contribution in [3.63, 3.8) is 0 Å². The second kappa shape index (κ2) is 4.37. The normalized spacial score (nSPS) is 19.9. The highest BCUT2D eigenvalue weighted by atomic mass is 16.5. The van der Waals surface area contributed by atoms with Gasteiger partial charge >= 0.3 is 0 Å². The van der Waals surface area contributed by atoms with Gasteiger partial charge in [0.1, 0.15) is 17.6 Å². The van der Waals surface area contributed by atoms with Crippen LogP contribution in [-0.2, 0) is 0 Å². The number of ether oxygens (including phenoxy) is 2. The van der Waals surface area contributed by atoms with Gasteiger partial charge in [-0.3, -0.25) is 4.79 Å². The predicted molar refractivity (Wildman–Crippen MR) is 62.8 cm³/mol. The van der Waals surface area contributed by atoms with Gasteiger partial charge in [0.05, 0.1) is 5.56 Å². The van der Waals surface area contributed by atoms with Crippen LogP contribution >= 0.6 is 0 Å². The Morgan fingerprint density at radius 2 is 2.12 bits per heavy atom. The molecule has 0 unspecified atom stereocenters. The number of carbonyl (C=O) groups excluding carboxylic acids is 1. The summed E-state index contributed by atoms with van der Waals surface area (Å²) in [5.74, 6) is 1.48. The molecule has 1 aromatic rings. The molecule has 4 nitrogen and oxygen atoms in total. The summed E-state index contributed by atoms with van der Waals surface area (Å²) in [6, 6.07) is 5.49. The molecule has 0 bridgehead atoms. The molecule has 0 spiro atoms. The van der Waals surface area contributed by atoms with Gasteiger partial charge in [-0.15, -0.1) is 0 Å². The van der Waals surface area contributed by atoms with Gasteiger partial charge in [-0.1, -0.05) is 0 Å². The maximum absolute atomic E-state index is 11.5. The van der Waals surface area contributed by atoms with E-state index in [1.54, 1.807) is 6.07 Å². The Morgan fingerprint density at radius 1 is 1.29 bits per heavy atom. The molecular weight excluding hydrogens is 218 g/mol. The summed E-state index contributed by atoms with van der Waals surface area (Å²) < 4.78 is 11.1. The monoisotopic (exact) mass is 233 g/mol. The molecule has 1 saturated heterocycles. The first-order chi connectivity index (χ1) is 8.33. The Bertz CT molecular complexity index is 438. The van der Waals surface area contributed by atoms with E-state index in [1.807, 2.05) is 12.1 Å². The molecule has 90 valence electrons. The first-order valence-corrected chi connectivity index (χ1v) is 6.00. The second-order valence-electron chi connectivity index (χ2n) is 4.44. The number of piperidine rings is 1. The molecule has 0 aliphatic carbocycles. The Kier molecular flexibility index (Phi) is 2.73. The minimum absolute atomic E-state index is 0.0377. The van der Waals surface area contributed by atoms with Crippen LogP contribution in [-0.4, -0.2) is 31.6 Å². The SMILES string of the molecule is O=C1COc2ccc(OC3CCNCC3)cc21. The molecule has 0 atom stereocenters. The van der Waals surface area contributed by atoms with E-state index in [9.17, 15) is 4.79 Å². The van der Waals surface area contributed by atoms with E-state index in [0.717, 1.165) is 31.7 Å². The van der Waals surface area contributed by atoms with Gasteiger partial charge in [0.25, 0.3) is 0 Å². The van der Waals surface area contributed by atoms with Crippen LogP contribution in [0.25, 0.3) is 0 Å². The van der Waals surface area contributed by atoms with Crippen molar-refractivity contribution in [1.82, 2.24) is 5.32 Å². The maximum atomic E-state index is 11.5. The minimum atomic E-state index is 0.0377. The molecule has 17 heavy (non-hydrogen) atoms. The van der Waals surface area contributed by atoms with E-state index in [2.05, 4.69) is 5.32 Å². The highest BCUT2D eigenvalue weighted by Crippen LogP contribution is 2.29. The van der Waals surface area contributed by atoms with E-state index in [4.69, 9.17) is 9.47 Å². The highest BCUT2D eigenvalue weighted by Gasteiger charge is 2.22. The molecule has 3 rings (SSSR count). The largest absolute Gasteiger partial charge is 0.490 e. The number of hydrogen-bond acceptors (Lipinski definition) is 4. The first kappa shape index (κ1) is 10.6. The van der Waals surface area contributed by atoms with Gasteiger partial charge < -0.3 is 14.8 Å². The van der Waals surface area contributed by atoms with Crippen LogP contribution in [0.4, 0.5) is 0 Å². The third-order valence-electron chi connectivity index (χ3n) is 3.20. The van der Waals surface area contributed by atoms with Gasteiger partial charge in [-0.05, 0) is 44.1 Å². The zero-order valence-electron chi connectivity index (χ0n) is 9.57.